The van der Waals surface area contributed by atoms with Crippen LogP contribution in [-0.2, 0) is 4.79 Å². The van der Waals surface area contributed by atoms with E-state index in [1.54, 1.807) is 0 Å². The first-order chi connectivity index (χ1) is 13.8. The summed E-state index contributed by atoms with van der Waals surface area (Å²) in [7, 11) is 4.32. The number of hydrogen-bond donors (Lipinski definition) is 1. The van der Waals surface area contributed by atoms with Crippen molar-refractivity contribution in [3.63, 3.8) is 0 Å². The van der Waals surface area contributed by atoms with Crippen LogP contribution >= 0.6 is 0 Å². The summed E-state index contributed by atoms with van der Waals surface area (Å²) in [4.78, 5) is 26.5. The Balaban J connectivity index is 2.12. The van der Waals surface area contributed by atoms with Crippen molar-refractivity contribution in [2.24, 2.45) is 0 Å². The van der Waals surface area contributed by atoms with E-state index in [1.165, 1.54) is 62.6 Å². The lowest BCUT2D eigenvalue weighted by molar-refractivity contribution is -0.140. The van der Waals surface area contributed by atoms with E-state index < -0.39 is 30.4 Å². The molecule has 1 aliphatic heterocycles. The molecule has 29 heavy (non-hydrogen) atoms. The number of fused-ring (bicyclic) bond motifs is 1. The fourth-order valence-electron chi connectivity index (χ4n) is 3.58. The SMILES string of the molecule is COc1cc2c(cc1OC)[C@@H](C(=O)O)[C@@H](c1ccc(OC(F)F)cc1)N(C)C2=O. The number of benzene rings is 2. The Labute approximate surface area is 165 Å². The smallest absolute Gasteiger partial charge is 0.387 e. The molecule has 1 heterocycles. The van der Waals surface area contributed by atoms with Gasteiger partial charge in [-0.05, 0) is 35.4 Å². The predicted molar refractivity (Wildman–Crippen MR) is 97.8 cm³/mol. The molecular formula is C20H19F2NO6. The van der Waals surface area contributed by atoms with Gasteiger partial charge in [-0.15, -0.1) is 0 Å². The lowest BCUT2D eigenvalue weighted by Crippen LogP contribution is -2.42. The molecule has 0 saturated carbocycles. The van der Waals surface area contributed by atoms with Crippen molar-refractivity contribution < 1.29 is 37.7 Å². The summed E-state index contributed by atoms with van der Waals surface area (Å²) in [5.41, 5.74) is 0.956. The lowest BCUT2D eigenvalue weighted by Gasteiger charge is -2.39. The molecule has 2 aromatic carbocycles. The topological polar surface area (TPSA) is 85.3 Å². The van der Waals surface area contributed by atoms with E-state index in [1.807, 2.05) is 0 Å². The zero-order valence-electron chi connectivity index (χ0n) is 15.9. The van der Waals surface area contributed by atoms with Gasteiger partial charge < -0.3 is 24.2 Å². The van der Waals surface area contributed by atoms with Crippen molar-refractivity contribution in [3.05, 3.63) is 53.1 Å². The molecule has 0 fully saturated rings. The molecule has 9 heteroatoms. The number of amides is 1. The van der Waals surface area contributed by atoms with E-state index in [0.717, 1.165) is 0 Å². The molecule has 1 amide bonds. The van der Waals surface area contributed by atoms with Gasteiger partial charge in [0, 0.05) is 12.6 Å². The number of hydrogen-bond acceptors (Lipinski definition) is 5. The molecule has 0 radical (unpaired) electrons. The Kier molecular flexibility index (Phi) is 5.58. The van der Waals surface area contributed by atoms with E-state index >= 15 is 0 Å². The number of halogens is 2. The van der Waals surface area contributed by atoms with Crippen LogP contribution in [0, 0.1) is 0 Å². The number of carbonyl (C=O) groups is 2. The van der Waals surface area contributed by atoms with E-state index in [4.69, 9.17) is 9.47 Å². The number of rotatable bonds is 6. The minimum atomic E-state index is -2.97. The molecule has 0 aliphatic carbocycles. The molecular weight excluding hydrogens is 388 g/mol. The Bertz CT molecular complexity index is 931. The number of carboxylic acid groups (broad SMARTS) is 1. The highest BCUT2D eigenvalue weighted by molar-refractivity contribution is 6.01. The summed E-state index contributed by atoms with van der Waals surface area (Å²) >= 11 is 0. The van der Waals surface area contributed by atoms with Gasteiger partial charge in [0.25, 0.3) is 5.91 Å². The second-order valence-electron chi connectivity index (χ2n) is 6.42. The zero-order chi connectivity index (χ0) is 21.3. The Morgan fingerprint density at radius 1 is 1.10 bits per heavy atom. The van der Waals surface area contributed by atoms with Crippen molar-refractivity contribution in [1.29, 1.82) is 0 Å². The first-order valence-corrected chi connectivity index (χ1v) is 8.59. The average Bonchev–Trinajstić information content (AvgIpc) is 2.69. The first kappa shape index (κ1) is 20.4. The molecule has 2 aromatic rings. The summed E-state index contributed by atoms with van der Waals surface area (Å²) in [5, 5.41) is 9.95. The van der Waals surface area contributed by atoms with Gasteiger partial charge in [-0.3, -0.25) is 9.59 Å². The summed E-state index contributed by atoms with van der Waals surface area (Å²) in [6, 6.07) is 7.64. The fourth-order valence-corrected chi connectivity index (χ4v) is 3.58. The van der Waals surface area contributed by atoms with Crippen LogP contribution < -0.4 is 14.2 Å². The number of methoxy groups -OCH3 is 2. The van der Waals surface area contributed by atoms with Crippen LogP contribution in [0.4, 0.5) is 8.78 Å². The van der Waals surface area contributed by atoms with Gasteiger partial charge in [0.15, 0.2) is 11.5 Å². The molecule has 0 aromatic heterocycles. The molecule has 0 spiro atoms. The first-order valence-electron chi connectivity index (χ1n) is 8.59. The second kappa shape index (κ2) is 7.94. The van der Waals surface area contributed by atoms with Gasteiger partial charge in [-0.2, -0.15) is 8.78 Å². The molecule has 154 valence electrons. The van der Waals surface area contributed by atoms with Crippen LogP contribution in [0.2, 0.25) is 0 Å². The average molecular weight is 407 g/mol. The minimum Gasteiger partial charge on any atom is -0.493 e. The van der Waals surface area contributed by atoms with E-state index in [2.05, 4.69) is 4.74 Å². The molecule has 7 nitrogen and oxygen atoms in total. The van der Waals surface area contributed by atoms with E-state index in [0.29, 0.717) is 17.1 Å². The summed E-state index contributed by atoms with van der Waals surface area (Å²) < 4.78 is 39.6. The van der Waals surface area contributed by atoms with E-state index in [-0.39, 0.29) is 16.9 Å². The summed E-state index contributed by atoms with van der Waals surface area (Å²) in [5.74, 6) is -2.09. The Hall–Kier alpha value is -3.36. The largest absolute Gasteiger partial charge is 0.493 e. The zero-order valence-corrected chi connectivity index (χ0v) is 15.9. The fraction of sp³-hybridized carbons (Fsp3) is 0.300. The van der Waals surface area contributed by atoms with Crippen molar-refractivity contribution in [2.75, 3.05) is 21.3 Å². The number of carbonyl (C=O) groups excluding carboxylic acids is 1. The minimum absolute atomic E-state index is 0.0628. The highest BCUT2D eigenvalue weighted by atomic mass is 19.3. The number of ether oxygens (including phenoxy) is 3. The van der Waals surface area contributed by atoms with Crippen molar-refractivity contribution >= 4 is 11.9 Å². The standard InChI is InChI=1S/C20H19F2NO6/c1-23-17(10-4-6-11(7-5-10)29-20(21)22)16(19(25)26)12-8-14(27-2)15(28-3)9-13(12)18(23)24/h4-9,16-17,20H,1-3H3,(H,25,26)/t16-,17-/m1/s1. The number of likely N-dealkylation sites (N-methyl/N-ethyl adjacent to an activating group) is 1. The highest BCUT2D eigenvalue weighted by Gasteiger charge is 2.43. The normalized spacial score (nSPS) is 18.4. The van der Waals surface area contributed by atoms with Crippen molar-refractivity contribution in [1.82, 2.24) is 4.90 Å². The maximum absolute atomic E-state index is 13.0. The van der Waals surface area contributed by atoms with Crippen molar-refractivity contribution in [3.8, 4) is 17.2 Å². The lowest BCUT2D eigenvalue weighted by atomic mass is 9.80. The van der Waals surface area contributed by atoms with E-state index in [9.17, 15) is 23.5 Å². The third-order valence-electron chi connectivity index (χ3n) is 4.89. The third kappa shape index (κ3) is 3.67. The van der Waals surface area contributed by atoms with Gasteiger partial charge >= 0.3 is 12.6 Å². The third-order valence-corrected chi connectivity index (χ3v) is 4.89. The number of aliphatic carboxylic acids is 1. The number of alkyl halides is 2. The Morgan fingerprint density at radius 2 is 1.69 bits per heavy atom. The predicted octanol–water partition coefficient (Wildman–Crippen LogP) is 3.30. The molecule has 1 N–H and O–H groups in total. The van der Waals surface area contributed by atoms with Gasteiger partial charge in [-0.1, -0.05) is 12.1 Å². The summed E-state index contributed by atoms with van der Waals surface area (Å²) in [6.07, 6.45) is 0. The number of nitrogens with zero attached hydrogens (tertiary/aromatic N) is 1. The van der Waals surface area contributed by atoms with Gasteiger partial charge in [0.1, 0.15) is 11.7 Å². The van der Waals surface area contributed by atoms with Crippen LogP contribution in [0.15, 0.2) is 36.4 Å². The molecule has 3 rings (SSSR count). The summed E-state index contributed by atoms with van der Waals surface area (Å²) in [6.45, 7) is -2.97. The highest BCUT2D eigenvalue weighted by Crippen LogP contribution is 2.45. The Morgan fingerprint density at radius 3 is 2.21 bits per heavy atom. The van der Waals surface area contributed by atoms with Crippen LogP contribution in [0.25, 0.3) is 0 Å². The second-order valence-corrected chi connectivity index (χ2v) is 6.42. The quantitative estimate of drug-likeness (QED) is 0.791. The van der Waals surface area contributed by atoms with Crippen LogP contribution in [-0.4, -0.2) is 49.8 Å². The van der Waals surface area contributed by atoms with Crippen molar-refractivity contribution in [2.45, 2.75) is 18.6 Å². The monoisotopic (exact) mass is 407 g/mol. The molecule has 1 aliphatic rings. The van der Waals surface area contributed by atoms with Crippen LogP contribution in [0.5, 0.6) is 17.2 Å². The van der Waals surface area contributed by atoms with Crippen LogP contribution in [0.1, 0.15) is 33.4 Å². The van der Waals surface area contributed by atoms with Crippen LogP contribution in [0.3, 0.4) is 0 Å². The maximum Gasteiger partial charge on any atom is 0.387 e. The molecule has 0 bridgehead atoms. The van der Waals surface area contributed by atoms with Gasteiger partial charge in [0.05, 0.1) is 20.3 Å². The van der Waals surface area contributed by atoms with Gasteiger partial charge in [0.2, 0.25) is 0 Å². The van der Waals surface area contributed by atoms with Gasteiger partial charge in [-0.25, -0.2) is 0 Å². The molecule has 2 atom stereocenters. The molecule has 0 saturated heterocycles. The molecule has 0 unspecified atom stereocenters. The number of carboxylic acids is 1. The maximum atomic E-state index is 13.0.